The minimum absolute atomic E-state index is 0.257. The molecule has 0 aliphatic rings. The molecular weight excluding hydrogens is 286 g/mol. The van der Waals surface area contributed by atoms with Gasteiger partial charge in [-0.25, -0.2) is 4.98 Å². The maximum Gasteiger partial charge on any atom is 0.128 e. The largest absolute Gasteiger partial charge is 0.377 e. The number of ether oxygens (including phenoxy) is 1. The topological polar surface area (TPSA) is 37.4 Å². The number of nitrogens with zero attached hydrogens (tertiary/aromatic N) is 2. The zero-order valence-electron chi connectivity index (χ0n) is 13.8. The summed E-state index contributed by atoms with van der Waals surface area (Å²) in [7, 11) is 2.02. The molecule has 1 aromatic rings. The maximum absolute atomic E-state index is 6.22. The molecule has 1 rings (SSSR count). The number of likely N-dealkylation sites (N-methyl/N-ethyl adjacent to an activating group) is 1. The molecular formula is C16H28ClN3O. The van der Waals surface area contributed by atoms with Crippen molar-refractivity contribution in [3.05, 3.63) is 22.8 Å². The van der Waals surface area contributed by atoms with Crippen LogP contribution in [-0.4, -0.2) is 37.8 Å². The van der Waals surface area contributed by atoms with Gasteiger partial charge in [-0.2, -0.15) is 0 Å². The summed E-state index contributed by atoms with van der Waals surface area (Å²) in [6.07, 6.45) is 0.257. The summed E-state index contributed by atoms with van der Waals surface area (Å²) in [5.74, 6) is 1.54. The van der Waals surface area contributed by atoms with Crippen molar-refractivity contribution in [3.63, 3.8) is 0 Å². The molecule has 0 bridgehead atoms. The molecule has 0 amide bonds. The Morgan fingerprint density at radius 3 is 2.62 bits per heavy atom. The lowest BCUT2D eigenvalue weighted by Gasteiger charge is -2.20. The summed E-state index contributed by atoms with van der Waals surface area (Å²) in [6, 6.07) is 3.86. The van der Waals surface area contributed by atoms with Crippen LogP contribution in [0.3, 0.4) is 0 Å². The molecule has 0 aliphatic carbocycles. The van der Waals surface area contributed by atoms with Crippen LogP contribution in [0.25, 0.3) is 0 Å². The highest BCUT2D eigenvalue weighted by Gasteiger charge is 2.08. The first-order valence-electron chi connectivity index (χ1n) is 7.59. The lowest BCUT2D eigenvalue weighted by molar-refractivity contribution is 0.0845. The van der Waals surface area contributed by atoms with E-state index < -0.39 is 0 Å². The number of hydrogen-bond donors (Lipinski definition) is 1. The van der Waals surface area contributed by atoms with Crippen molar-refractivity contribution < 1.29 is 4.74 Å². The van der Waals surface area contributed by atoms with E-state index in [-0.39, 0.29) is 6.10 Å². The predicted octanol–water partition coefficient (Wildman–Crippen LogP) is 3.34. The molecule has 0 atom stereocenters. The van der Waals surface area contributed by atoms with Gasteiger partial charge in [0.25, 0.3) is 0 Å². The standard InChI is InChI=1S/C16H28ClN3O/c1-12(2)10-18-11-15-14(17)6-7-16(19-15)20(5)8-9-21-13(3)4/h6-7,12-13,18H,8-11H2,1-5H3. The molecule has 0 aliphatic heterocycles. The van der Waals surface area contributed by atoms with Crippen LogP contribution in [0, 0.1) is 5.92 Å². The van der Waals surface area contributed by atoms with Gasteiger partial charge in [-0.15, -0.1) is 0 Å². The second-order valence-electron chi connectivity index (χ2n) is 5.96. The number of anilines is 1. The molecule has 0 unspecified atom stereocenters. The van der Waals surface area contributed by atoms with Gasteiger partial charge in [0.15, 0.2) is 0 Å². The molecule has 1 aromatic heterocycles. The summed E-state index contributed by atoms with van der Waals surface area (Å²) in [5, 5.41) is 4.09. The molecule has 21 heavy (non-hydrogen) atoms. The van der Waals surface area contributed by atoms with Crippen LogP contribution in [0.1, 0.15) is 33.4 Å². The molecule has 0 aromatic carbocycles. The van der Waals surface area contributed by atoms with Crippen LogP contribution in [-0.2, 0) is 11.3 Å². The minimum atomic E-state index is 0.257. The van der Waals surface area contributed by atoms with Crippen molar-refractivity contribution >= 4 is 17.4 Å². The van der Waals surface area contributed by atoms with Gasteiger partial charge < -0.3 is 15.0 Å². The second kappa shape index (κ2) is 9.23. The van der Waals surface area contributed by atoms with E-state index in [2.05, 4.69) is 29.0 Å². The second-order valence-corrected chi connectivity index (χ2v) is 6.37. The fourth-order valence-electron chi connectivity index (χ4n) is 1.83. The van der Waals surface area contributed by atoms with Crippen LogP contribution in [0.5, 0.6) is 0 Å². The van der Waals surface area contributed by atoms with Gasteiger partial charge >= 0.3 is 0 Å². The normalized spacial score (nSPS) is 11.4. The highest BCUT2D eigenvalue weighted by molar-refractivity contribution is 6.31. The van der Waals surface area contributed by atoms with Gasteiger partial charge in [-0.3, -0.25) is 0 Å². The number of rotatable bonds is 9. The predicted molar refractivity (Wildman–Crippen MR) is 90.1 cm³/mol. The molecule has 0 saturated heterocycles. The van der Waals surface area contributed by atoms with Crippen molar-refractivity contribution in [1.29, 1.82) is 0 Å². The zero-order chi connectivity index (χ0) is 15.8. The quantitative estimate of drug-likeness (QED) is 0.758. The molecule has 0 radical (unpaired) electrons. The Balaban J connectivity index is 2.58. The van der Waals surface area contributed by atoms with Gasteiger partial charge in [0, 0.05) is 20.1 Å². The average Bonchev–Trinajstić information content (AvgIpc) is 2.40. The number of pyridine rings is 1. The Kier molecular flexibility index (Phi) is 8.01. The van der Waals surface area contributed by atoms with Gasteiger partial charge in [0.05, 0.1) is 23.4 Å². The first kappa shape index (κ1) is 18.2. The van der Waals surface area contributed by atoms with Gasteiger partial charge in [0.1, 0.15) is 5.82 Å². The lowest BCUT2D eigenvalue weighted by atomic mass is 10.2. The number of aromatic nitrogens is 1. The Bertz CT molecular complexity index is 424. The average molecular weight is 314 g/mol. The number of hydrogen-bond acceptors (Lipinski definition) is 4. The molecule has 1 N–H and O–H groups in total. The van der Waals surface area contributed by atoms with Crippen molar-refractivity contribution in [3.8, 4) is 0 Å². The Morgan fingerprint density at radius 1 is 1.29 bits per heavy atom. The highest BCUT2D eigenvalue weighted by atomic mass is 35.5. The van der Waals surface area contributed by atoms with Crippen LogP contribution in [0.15, 0.2) is 12.1 Å². The summed E-state index contributed by atoms with van der Waals surface area (Å²) in [4.78, 5) is 6.73. The lowest BCUT2D eigenvalue weighted by Crippen LogP contribution is -2.25. The summed E-state index contributed by atoms with van der Waals surface area (Å²) < 4.78 is 5.57. The molecule has 0 saturated carbocycles. The van der Waals surface area contributed by atoms with Crippen molar-refractivity contribution in [1.82, 2.24) is 10.3 Å². The molecule has 0 fully saturated rings. The van der Waals surface area contributed by atoms with Gasteiger partial charge in [0.2, 0.25) is 0 Å². The van der Waals surface area contributed by atoms with Crippen LogP contribution >= 0.6 is 11.6 Å². The molecule has 1 heterocycles. The van der Waals surface area contributed by atoms with Crippen LogP contribution in [0.4, 0.5) is 5.82 Å². The van der Waals surface area contributed by atoms with E-state index in [9.17, 15) is 0 Å². The SMILES string of the molecule is CC(C)CNCc1nc(N(C)CCOC(C)C)ccc1Cl. The number of halogens is 1. The summed E-state index contributed by atoms with van der Waals surface area (Å²) >= 11 is 6.22. The monoisotopic (exact) mass is 313 g/mol. The summed E-state index contributed by atoms with van der Waals surface area (Å²) in [5.41, 5.74) is 0.895. The van der Waals surface area contributed by atoms with Gasteiger partial charge in [-0.1, -0.05) is 25.4 Å². The zero-order valence-corrected chi connectivity index (χ0v) is 14.6. The van der Waals surface area contributed by atoms with E-state index in [0.29, 0.717) is 24.1 Å². The van der Waals surface area contributed by atoms with Crippen LogP contribution in [0.2, 0.25) is 5.02 Å². The maximum atomic E-state index is 6.22. The smallest absolute Gasteiger partial charge is 0.128 e. The summed E-state index contributed by atoms with van der Waals surface area (Å²) in [6.45, 7) is 11.6. The third kappa shape index (κ3) is 7.11. The molecule has 0 spiro atoms. The number of nitrogens with one attached hydrogen (secondary N) is 1. The third-order valence-corrected chi connectivity index (χ3v) is 3.36. The first-order chi connectivity index (χ1) is 9.90. The van der Waals surface area contributed by atoms with Gasteiger partial charge in [-0.05, 0) is 38.4 Å². The fourth-order valence-corrected chi connectivity index (χ4v) is 2.00. The van der Waals surface area contributed by atoms with E-state index in [1.807, 2.05) is 33.0 Å². The van der Waals surface area contributed by atoms with E-state index >= 15 is 0 Å². The van der Waals surface area contributed by atoms with E-state index in [1.165, 1.54) is 0 Å². The molecule has 4 nitrogen and oxygen atoms in total. The molecule has 120 valence electrons. The van der Waals surface area contributed by atoms with E-state index in [4.69, 9.17) is 16.3 Å². The van der Waals surface area contributed by atoms with E-state index in [1.54, 1.807) is 0 Å². The van der Waals surface area contributed by atoms with Crippen LogP contribution < -0.4 is 10.2 Å². The van der Waals surface area contributed by atoms with Crippen molar-refractivity contribution in [2.45, 2.75) is 40.3 Å². The minimum Gasteiger partial charge on any atom is -0.377 e. The Labute approximate surface area is 133 Å². The first-order valence-corrected chi connectivity index (χ1v) is 7.96. The van der Waals surface area contributed by atoms with Crippen molar-refractivity contribution in [2.24, 2.45) is 5.92 Å². The Hall–Kier alpha value is -0.840. The van der Waals surface area contributed by atoms with E-state index in [0.717, 1.165) is 24.6 Å². The van der Waals surface area contributed by atoms with Crippen molar-refractivity contribution in [2.75, 3.05) is 31.6 Å². The third-order valence-electron chi connectivity index (χ3n) is 3.02. The fraction of sp³-hybridized carbons (Fsp3) is 0.688. The Morgan fingerprint density at radius 2 is 2.00 bits per heavy atom. The highest BCUT2D eigenvalue weighted by Crippen LogP contribution is 2.18. The molecule has 5 heteroatoms.